The Morgan fingerprint density at radius 1 is 0.290 bits per heavy atom. The first-order chi connectivity index (χ1) is 61.7. The maximum Gasteiger partial charge on any atom is 0.243 e. The van der Waals surface area contributed by atoms with E-state index in [-0.39, 0.29) is 43.5 Å². The lowest BCUT2D eigenvalue weighted by Crippen LogP contribution is -2.67. The van der Waals surface area contributed by atoms with Gasteiger partial charge in [0.15, 0.2) is 0 Å². The van der Waals surface area contributed by atoms with E-state index in [1.54, 1.807) is 27.7 Å². The normalized spacial score (nSPS) is 19.6. The van der Waals surface area contributed by atoms with Gasteiger partial charge in [0, 0.05) is 128 Å². The summed E-state index contributed by atoms with van der Waals surface area (Å²) in [7, 11) is 2.15. The van der Waals surface area contributed by atoms with E-state index in [0.717, 1.165) is 90.1 Å². The van der Waals surface area contributed by atoms with E-state index in [4.69, 9.17) is 88.3 Å². The zero-order chi connectivity index (χ0) is 96.9. The minimum atomic E-state index is -0.690. The van der Waals surface area contributed by atoms with Crippen molar-refractivity contribution in [1.29, 1.82) is 0 Å². The Balaban J connectivity index is 1.64. The second-order valence-electron chi connectivity index (χ2n) is 42.5. The van der Waals surface area contributed by atoms with E-state index >= 15 is 0 Å². The lowest BCUT2D eigenvalue weighted by Gasteiger charge is -2.56. The largest absolute Gasteiger partial charge is 0.353 e. The Morgan fingerprint density at radius 3 is 0.725 bits per heavy atom. The van der Waals surface area contributed by atoms with Crippen molar-refractivity contribution in [2.75, 3.05) is 104 Å². The molecule has 5 saturated heterocycles. The van der Waals surface area contributed by atoms with Gasteiger partial charge in [-0.15, -0.1) is 38.2 Å². The zero-order valence-corrected chi connectivity index (χ0v) is 86.2. The van der Waals surface area contributed by atoms with Crippen molar-refractivity contribution in [1.82, 2.24) is 70.2 Å². The highest BCUT2D eigenvalue weighted by molar-refractivity contribution is 5.57. The monoisotopic (exact) mass is 1800 g/mol. The summed E-state index contributed by atoms with van der Waals surface area (Å²) in [4.78, 5) is 106. The molecule has 0 radical (unpaired) electrons. The average molecular weight is 1800 g/mol. The molecule has 5 fully saturated rings. The number of hydrogen-bond acceptors (Lipinski definition) is 28. The molecule has 0 N–H and O–H groups in total. The SMILES string of the molecule is C#CC#CN(CCCC)c1nc(N(CCCC)CCCC)nc(N(CN(c2nc(N(C)C3CC(C)(C)N(OC#CC)C(C)(C)C3)nc(N(CN(c3nc(N(C#CC#C)CCCC)nc(N(CCCC)CCCC)n3)C3CC(C)(C)N(OC#CC)C(C)(C)C3)C3CC(C)(C)N(OC#CC)C(C)(C)C3)n2)C2CC(C)(C)N(OC#CC)C(C)(C)C2)C2CC(C)(C)N(OC#C)C(C)(C)C2)n1. The molecule has 0 aliphatic carbocycles. The van der Waals surface area contributed by atoms with Gasteiger partial charge < -0.3 is 58.5 Å². The Morgan fingerprint density at radius 2 is 0.496 bits per heavy atom. The molecule has 0 amide bonds. The minimum absolute atomic E-state index is 0.131. The molecule has 3 aromatic heterocycles. The molecule has 5 aliphatic rings. The molecule has 8 rings (SSSR count). The molecular weight excluding hydrogens is 1640 g/mol. The Labute approximate surface area is 791 Å². The summed E-state index contributed by atoms with van der Waals surface area (Å²) in [5.74, 6) is 27.4. The van der Waals surface area contributed by atoms with E-state index in [9.17, 15) is 0 Å². The summed E-state index contributed by atoms with van der Waals surface area (Å²) < 4.78 is 0. The summed E-state index contributed by atoms with van der Waals surface area (Å²) in [5.41, 5.74) is -6.54. The fourth-order valence-electron chi connectivity index (χ4n) is 21.2. The second kappa shape index (κ2) is 45.7. The molecule has 28 nitrogen and oxygen atoms in total. The van der Waals surface area contributed by atoms with E-state index in [0.29, 0.717) is 144 Å². The molecule has 28 heteroatoms. The third-order valence-electron chi connectivity index (χ3n) is 26.2. The van der Waals surface area contributed by atoms with Crippen molar-refractivity contribution < 1.29 is 24.2 Å². The molecule has 3 aromatic rings. The van der Waals surface area contributed by atoms with Gasteiger partial charge in [0.2, 0.25) is 53.5 Å². The van der Waals surface area contributed by atoms with Crippen LogP contribution in [-0.2, 0) is 24.2 Å². The van der Waals surface area contributed by atoms with Crippen molar-refractivity contribution in [2.45, 2.75) is 435 Å². The van der Waals surface area contributed by atoms with Crippen molar-refractivity contribution in [2.24, 2.45) is 0 Å². The molecule has 0 unspecified atom stereocenters. The highest BCUT2D eigenvalue weighted by Crippen LogP contribution is 2.50. The number of rotatable bonds is 41. The highest BCUT2D eigenvalue weighted by Gasteiger charge is 2.57. The van der Waals surface area contributed by atoms with Crippen LogP contribution in [0.15, 0.2) is 0 Å². The predicted octanol–water partition coefficient (Wildman–Crippen LogP) is 17.7. The number of terminal acetylenes is 3. The van der Waals surface area contributed by atoms with Gasteiger partial charge in [0.1, 0.15) is 30.5 Å². The number of hydrogen-bond donors (Lipinski definition) is 0. The third kappa shape index (κ3) is 26.6. The van der Waals surface area contributed by atoms with Gasteiger partial charge in [0.25, 0.3) is 0 Å². The quantitative estimate of drug-likeness (QED) is 0.0294. The topological polar surface area (TPSA) is 208 Å². The van der Waals surface area contributed by atoms with Gasteiger partial charge in [-0.2, -0.15) is 44.9 Å². The Bertz CT molecular complexity index is 4620. The Hall–Kier alpha value is -9.93. The highest BCUT2D eigenvalue weighted by atomic mass is 16.7. The lowest BCUT2D eigenvalue weighted by molar-refractivity contribution is -0.241. The van der Waals surface area contributed by atoms with Crippen LogP contribution in [0.5, 0.6) is 0 Å². The maximum atomic E-state index is 6.65. The van der Waals surface area contributed by atoms with Crippen molar-refractivity contribution in [3.63, 3.8) is 0 Å². The lowest BCUT2D eigenvalue weighted by atomic mass is 9.78. The number of aromatic nitrogens is 9. The van der Waals surface area contributed by atoms with Crippen LogP contribution in [0.1, 0.15) is 349 Å². The smallest absolute Gasteiger partial charge is 0.243 e. The van der Waals surface area contributed by atoms with E-state index in [1.807, 2.05) is 14.9 Å². The fraction of sp³-hybridized carbons (Fsp3) is 0.738. The molecule has 0 aromatic carbocycles. The standard InChI is InChI=1S/C103H161N23O5/c1-35-48-56-114(57-49-36-2)86-106-87(115(58-50-37-3)59-51-38-4)109-92(108-86)120(81-70-96(18,19)122(127-47-13)97(20,21)71-81)78-118(82-72-98(22,23)124(129-65-44-10)99(24,25)73-82)90-104-85(113(34)80-68-94(14,15)123(128-64-43-9)95(16,17)69-80)105-91(112-90)119(83-74-100(26,27)125(130-66-45-11)101(28,29)75-83)79-121(84-76-102(30,31)126(131-67-46-12)103(32,33)77-84)93-110-88(116(60-52-39-5)61-53-40-6)107-89(111-93)117(62-54-41-7)63-55-42-8/h1,5,13,80-84H,36-38,40-42,49-51,53-55,57-59,61-63,68-79H2,2-4,6-12,14-34H3. The van der Waals surface area contributed by atoms with Crippen LogP contribution in [0.2, 0.25) is 0 Å². The van der Waals surface area contributed by atoms with Crippen LogP contribution in [0.4, 0.5) is 53.5 Å². The van der Waals surface area contributed by atoms with E-state index < -0.39 is 55.4 Å². The number of piperidine rings is 5. The van der Waals surface area contributed by atoms with Crippen molar-refractivity contribution in [3.8, 4) is 109 Å². The first kappa shape index (κ1) is 106. The van der Waals surface area contributed by atoms with Gasteiger partial charge in [-0.1, -0.05) is 110 Å². The molecular formula is C103H161N23O5. The van der Waals surface area contributed by atoms with E-state index in [1.165, 1.54) is 0 Å². The number of unbranched alkanes of at least 4 members (excludes halogenated alkanes) is 6. The summed E-state index contributed by atoms with van der Waals surface area (Å²) >= 11 is 0. The van der Waals surface area contributed by atoms with Crippen LogP contribution in [-0.4, -0.2) is 215 Å². The van der Waals surface area contributed by atoms with Gasteiger partial charge in [-0.3, -0.25) is 9.80 Å². The molecule has 0 spiro atoms. The van der Waals surface area contributed by atoms with Crippen LogP contribution < -0.4 is 44.1 Å². The molecule has 718 valence electrons. The summed E-state index contributed by atoms with van der Waals surface area (Å²) in [6.07, 6.45) is 49.5. The van der Waals surface area contributed by atoms with Crippen LogP contribution in [0.3, 0.4) is 0 Å². The third-order valence-corrected chi connectivity index (χ3v) is 26.2. The first-order valence-electron chi connectivity index (χ1n) is 48.3. The molecule has 0 saturated carbocycles. The molecule has 5 aliphatic heterocycles. The van der Waals surface area contributed by atoms with Gasteiger partial charge >= 0.3 is 0 Å². The molecule has 0 atom stereocenters. The molecule has 131 heavy (non-hydrogen) atoms. The number of nitrogens with zero attached hydrogens (tertiary/aromatic N) is 23. The first-order valence-corrected chi connectivity index (χ1v) is 48.3. The van der Waals surface area contributed by atoms with Crippen molar-refractivity contribution in [3.05, 3.63) is 0 Å². The van der Waals surface area contributed by atoms with Crippen LogP contribution in [0.25, 0.3) is 0 Å². The van der Waals surface area contributed by atoms with Crippen molar-refractivity contribution >= 4 is 53.5 Å². The predicted molar refractivity (Wildman–Crippen MR) is 532 cm³/mol. The summed E-state index contributed by atoms with van der Waals surface area (Å²) in [5, 5.41) is 10.3. The second-order valence-corrected chi connectivity index (χ2v) is 42.5. The summed E-state index contributed by atoms with van der Waals surface area (Å²) in [6, 6.07) is 5.06. The summed E-state index contributed by atoms with van der Waals surface area (Å²) in [6.45, 7) is 69.2. The number of hydroxylamine groups is 10. The van der Waals surface area contributed by atoms with Crippen LogP contribution in [0, 0.1) is 109 Å². The molecule has 8 heterocycles. The maximum absolute atomic E-state index is 6.65. The minimum Gasteiger partial charge on any atom is -0.353 e. The average Bonchev–Trinajstić information content (AvgIpc) is 0.738. The molecule has 0 bridgehead atoms. The van der Waals surface area contributed by atoms with E-state index in [2.05, 4.69) is 332 Å². The Kier molecular flexibility index (Phi) is 37.1. The zero-order valence-electron chi connectivity index (χ0n) is 86.2. The van der Waals surface area contributed by atoms with Gasteiger partial charge in [-0.05, 0) is 253 Å². The van der Waals surface area contributed by atoms with Gasteiger partial charge in [0.05, 0.1) is 68.7 Å². The van der Waals surface area contributed by atoms with Crippen LogP contribution >= 0.6 is 0 Å². The van der Waals surface area contributed by atoms with Gasteiger partial charge in [-0.25, -0.2) is 0 Å². The number of anilines is 9. The fourth-order valence-corrected chi connectivity index (χ4v) is 21.2.